The standard InChI is InChI=1S/C17H9ClIN3O5S/c18-9-1-3-10(4-2-9)21-16(25)11(15(24)20-17(21)28)5-8-6-12(19)14(23)13(7-8)22(26)27/h1-7,23H,(H,20,24,28)/p-1/b11-5+. The van der Waals surface area contributed by atoms with Gasteiger partial charge in [0, 0.05) is 14.7 Å². The third kappa shape index (κ3) is 3.84. The van der Waals surface area contributed by atoms with Gasteiger partial charge in [-0.15, -0.1) is 0 Å². The number of nitro groups is 1. The van der Waals surface area contributed by atoms with Crippen LogP contribution in [0.1, 0.15) is 5.56 Å². The lowest BCUT2D eigenvalue weighted by molar-refractivity contribution is -0.398. The minimum atomic E-state index is -0.815. The van der Waals surface area contributed by atoms with Crippen molar-refractivity contribution >= 4 is 80.8 Å². The Bertz CT molecular complexity index is 1070. The monoisotopic (exact) mass is 528 g/mol. The van der Waals surface area contributed by atoms with E-state index in [1.807, 2.05) is 0 Å². The lowest BCUT2D eigenvalue weighted by atomic mass is 10.1. The van der Waals surface area contributed by atoms with Crippen LogP contribution in [0.15, 0.2) is 42.0 Å². The van der Waals surface area contributed by atoms with Gasteiger partial charge in [-0.1, -0.05) is 11.6 Å². The molecule has 0 unspecified atom stereocenters. The van der Waals surface area contributed by atoms with E-state index in [1.54, 1.807) is 46.9 Å². The summed E-state index contributed by atoms with van der Waals surface area (Å²) in [6, 6.07) is 8.60. The number of amides is 2. The summed E-state index contributed by atoms with van der Waals surface area (Å²) in [6.07, 6.45) is 1.18. The molecule has 0 bridgehead atoms. The molecule has 0 atom stereocenters. The fraction of sp³-hybridized carbons (Fsp3) is 0. The molecule has 0 radical (unpaired) electrons. The van der Waals surface area contributed by atoms with Crippen molar-refractivity contribution in [3.05, 3.63) is 66.2 Å². The molecule has 8 nitrogen and oxygen atoms in total. The molecule has 3 rings (SSSR count). The zero-order valence-corrected chi connectivity index (χ0v) is 17.4. The lowest BCUT2D eigenvalue weighted by Crippen LogP contribution is -2.54. The molecule has 1 aliphatic rings. The number of carbonyl (C=O) groups is 2. The van der Waals surface area contributed by atoms with Gasteiger partial charge in [0.1, 0.15) is 5.57 Å². The number of nitro benzene ring substituents is 1. The topological polar surface area (TPSA) is 116 Å². The number of halogens is 2. The van der Waals surface area contributed by atoms with E-state index in [0.29, 0.717) is 10.7 Å². The number of nitrogens with zero attached hydrogens (tertiary/aromatic N) is 2. The van der Waals surface area contributed by atoms with Gasteiger partial charge in [0.2, 0.25) is 0 Å². The molecular weight excluding hydrogens is 521 g/mol. The smallest absolute Gasteiger partial charge is 0.270 e. The maximum absolute atomic E-state index is 12.9. The van der Waals surface area contributed by atoms with Gasteiger partial charge in [0.25, 0.3) is 17.5 Å². The molecular formula is C17H8ClIN3O5S-. The van der Waals surface area contributed by atoms with E-state index in [0.717, 1.165) is 11.0 Å². The van der Waals surface area contributed by atoms with Crippen molar-refractivity contribution in [2.75, 3.05) is 4.90 Å². The van der Waals surface area contributed by atoms with Crippen LogP contribution in [0, 0.1) is 13.7 Å². The Balaban J connectivity index is 2.07. The number of nitrogens with one attached hydrogen (secondary N) is 1. The van der Waals surface area contributed by atoms with Crippen molar-refractivity contribution in [3.8, 4) is 5.75 Å². The molecule has 1 fully saturated rings. The summed E-state index contributed by atoms with van der Waals surface area (Å²) in [5.74, 6) is -2.19. The van der Waals surface area contributed by atoms with Crippen molar-refractivity contribution in [2.24, 2.45) is 0 Å². The highest BCUT2D eigenvalue weighted by molar-refractivity contribution is 14.1. The average molecular weight is 529 g/mol. The van der Waals surface area contributed by atoms with Gasteiger partial charge in [0.05, 0.1) is 10.6 Å². The molecule has 0 spiro atoms. The van der Waals surface area contributed by atoms with Crippen LogP contribution >= 0.6 is 46.4 Å². The van der Waals surface area contributed by atoms with Crippen LogP contribution in [0.2, 0.25) is 5.02 Å². The van der Waals surface area contributed by atoms with Gasteiger partial charge in [-0.05, 0) is 82.5 Å². The minimum absolute atomic E-state index is 0.0902. The highest BCUT2D eigenvalue weighted by atomic mass is 127. The van der Waals surface area contributed by atoms with Crippen molar-refractivity contribution in [3.63, 3.8) is 0 Å². The number of hydrogen-bond acceptors (Lipinski definition) is 6. The number of rotatable bonds is 3. The van der Waals surface area contributed by atoms with Crippen LogP contribution in [0.4, 0.5) is 11.4 Å². The van der Waals surface area contributed by atoms with Crippen LogP contribution in [-0.4, -0.2) is 21.9 Å². The second-order valence-corrected chi connectivity index (χ2v) is 7.53. The van der Waals surface area contributed by atoms with E-state index < -0.39 is 28.2 Å². The number of benzene rings is 2. The zero-order chi connectivity index (χ0) is 20.6. The molecule has 1 N–H and O–H groups in total. The van der Waals surface area contributed by atoms with Gasteiger partial charge < -0.3 is 5.11 Å². The molecule has 0 aliphatic carbocycles. The molecule has 2 amide bonds. The van der Waals surface area contributed by atoms with Crippen molar-refractivity contribution in [1.82, 2.24) is 5.32 Å². The first kappa shape index (κ1) is 20.2. The van der Waals surface area contributed by atoms with Gasteiger partial charge in [-0.2, -0.15) is 0 Å². The summed E-state index contributed by atoms with van der Waals surface area (Å²) in [6.45, 7) is 0. The Kier molecular flexibility index (Phi) is 5.63. The number of thiocarbonyl (C=S) groups is 1. The fourth-order valence-electron chi connectivity index (χ4n) is 2.47. The molecule has 1 saturated heterocycles. The van der Waals surface area contributed by atoms with Gasteiger partial charge in [0.15, 0.2) is 5.11 Å². The third-order valence-corrected chi connectivity index (χ3v) is 5.08. The second kappa shape index (κ2) is 7.81. The first-order valence-electron chi connectivity index (χ1n) is 7.51. The largest absolute Gasteiger partial charge is 0.867 e. The quantitative estimate of drug-likeness (QED) is 0.164. The van der Waals surface area contributed by atoms with E-state index in [2.05, 4.69) is 5.32 Å². The van der Waals surface area contributed by atoms with E-state index in [9.17, 15) is 24.8 Å². The number of hydrogen-bond donors (Lipinski definition) is 1. The summed E-state index contributed by atoms with van der Waals surface area (Å²) < 4.78 is 0.0902. The van der Waals surface area contributed by atoms with Crippen LogP contribution in [0.25, 0.3) is 6.08 Å². The Morgan fingerprint density at radius 3 is 2.46 bits per heavy atom. The molecule has 2 aromatic rings. The first-order chi connectivity index (χ1) is 13.2. The summed E-state index contributed by atoms with van der Waals surface area (Å²) in [4.78, 5) is 36.5. The summed E-state index contributed by atoms with van der Waals surface area (Å²) in [7, 11) is 0. The highest BCUT2D eigenvalue weighted by Crippen LogP contribution is 2.31. The van der Waals surface area contributed by atoms with Gasteiger partial charge in [-0.25, -0.2) is 0 Å². The molecule has 28 heavy (non-hydrogen) atoms. The van der Waals surface area contributed by atoms with E-state index in [4.69, 9.17) is 23.8 Å². The molecule has 0 aromatic heterocycles. The first-order valence-corrected chi connectivity index (χ1v) is 9.37. The molecule has 11 heteroatoms. The number of carbonyl (C=O) groups excluding carboxylic acids is 2. The SMILES string of the molecule is O=C1NC(=S)N(c2ccc(Cl)cc2)C(=O)/C1=C/c1cc(I)c([O-])c([N+](=O)[O-])c1. The molecule has 142 valence electrons. The Labute approximate surface area is 182 Å². The predicted octanol–water partition coefficient (Wildman–Crippen LogP) is 2.76. The molecule has 0 saturated carbocycles. The Hall–Kier alpha value is -2.57. The van der Waals surface area contributed by atoms with E-state index in [1.165, 1.54) is 12.1 Å². The third-order valence-electron chi connectivity index (χ3n) is 3.74. The predicted molar refractivity (Wildman–Crippen MR) is 113 cm³/mol. The van der Waals surface area contributed by atoms with Crippen LogP contribution in [-0.2, 0) is 9.59 Å². The Morgan fingerprint density at radius 2 is 1.86 bits per heavy atom. The maximum atomic E-state index is 12.9. The molecule has 1 aliphatic heterocycles. The van der Waals surface area contributed by atoms with E-state index in [-0.39, 0.29) is 19.8 Å². The maximum Gasteiger partial charge on any atom is 0.270 e. The van der Waals surface area contributed by atoms with Crippen molar-refractivity contribution < 1.29 is 19.6 Å². The average Bonchev–Trinajstić information content (AvgIpc) is 2.62. The van der Waals surface area contributed by atoms with Crippen molar-refractivity contribution in [2.45, 2.75) is 0 Å². The summed E-state index contributed by atoms with van der Waals surface area (Å²) >= 11 is 12.6. The highest BCUT2D eigenvalue weighted by Gasteiger charge is 2.34. The summed E-state index contributed by atoms with van der Waals surface area (Å²) in [5.41, 5.74) is -0.376. The van der Waals surface area contributed by atoms with Crippen LogP contribution < -0.4 is 15.3 Å². The minimum Gasteiger partial charge on any atom is -0.867 e. The van der Waals surface area contributed by atoms with E-state index >= 15 is 0 Å². The lowest BCUT2D eigenvalue weighted by Gasteiger charge is -2.29. The number of anilines is 1. The summed E-state index contributed by atoms with van der Waals surface area (Å²) in [5, 5.41) is 25.6. The Morgan fingerprint density at radius 1 is 1.21 bits per heavy atom. The van der Waals surface area contributed by atoms with Gasteiger partial charge in [-0.3, -0.25) is 29.9 Å². The zero-order valence-electron chi connectivity index (χ0n) is 13.6. The van der Waals surface area contributed by atoms with Gasteiger partial charge >= 0.3 is 0 Å². The molecule has 2 aromatic carbocycles. The van der Waals surface area contributed by atoms with Crippen LogP contribution in [0.3, 0.4) is 0 Å². The normalized spacial score (nSPS) is 15.7. The van der Waals surface area contributed by atoms with Crippen molar-refractivity contribution in [1.29, 1.82) is 0 Å². The second-order valence-electron chi connectivity index (χ2n) is 5.54. The van der Waals surface area contributed by atoms with Crippen LogP contribution in [0.5, 0.6) is 5.75 Å². The fourth-order valence-corrected chi connectivity index (χ4v) is 3.51. The molecule has 1 heterocycles.